The van der Waals surface area contributed by atoms with Gasteiger partial charge in [-0.25, -0.2) is 4.98 Å². The zero-order valence-electron chi connectivity index (χ0n) is 13.8. The molecule has 0 radical (unpaired) electrons. The van der Waals surface area contributed by atoms with Crippen molar-refractivity contribution < 1.29 is 14.6 Å². The Morgan fingerprint density at radius 2 is 2.08 bits per heavy atom. The molecule has 3 aromatic rings. The number of amides is 1. The average molecular weight is 368 g/mol. The Kier molecular flexibility index (Phi) is 5.14. The molecule has 2 aromatic carbocycles. The van der Waals surface area contributed by atoms with E-state index in [0.29, 0.717) is 16.4 Å². The third-order valence-corrected chi connectivity index (χ3v) is 4.30. The van der Waals surface area contributed by atoms with Crippen LogP contribution in [0.5, 0.6) is 11.5 Å². The van der Waals surface area contributed by atoms with Gasteiger partial charge in [-0.3, -0.25) is 10.2 Å². The number of hydrogen-bond donors (Lipinski definition) is 3. The van der Waals surface area contributed by atoms with Crippen molar-refractivity contribution in [3.63, 3.8) is 0 Å². The maximum Gasteiger partial charge on any atom is 0.252 e. The van der Waals surface area contributed by atoms with E-state index in [2.05, 4.69) is 15.5 Å². The first-order chi connectivity index (χ1) is 12.6. The Morgan fingerprint density at radius 3 is 2.77 bits per heavy atom. The number of aromatic nitrogens is 1. The summed E-state index contributed by atoms with van der Waals surface area (Å²) in [4.78, 5) is 15.7. The van der Waals surface area contributed by atoms with E-state index in [1.807, 2.05) is 29.6 Å². The van der Waals surface area contributed by atoms with E-state index in [1.54, 1.807) is 19.4 Å². The molecule has 0 fully saturated rings. The molecule has 4 N–H and O–H groups in total. The topological polar surface area (TPSA) is 110 Å². The fourth-order valence-corrected chi connectivity index (χ4v) is 2.87. The van der Waals surface area contributed by atoms with Crippen LogP contribution < -0.4 is 15.9 Å². The third kappa shape index (κ3) is 3.98. The van der Waals surface area contributed by atoms with Crippen LogP contribution in [0.1, 0.15) is 15.9 Å². The molecule has 8 heteroatoms. The third-order valence-electron chi connectivity index (χ3n) is 3.55. The number of hydrogen-bond acceptors (Lipinski definition) is 7. The molecule has 7 nitrogen and oxygen atoms in total. The largest absolute Gasteiger partial charge is 0.507 e. The molecular weight excluding hydrogens is 352 g/mol. The van der Waals surface area contributed by atoms with Crippen LogP contribution in [0.3, 0.4) is 0 Å². The van der Waals surface area contributed by atoms with E-state index >= 15 is 0 Å². The molecule has 0 aliphatic rings. The van der Waals surface area contributed by atoms with Crippen LogP contribution in [-0.4, -0.2) is 29.3 Å². The zero-order chi connectivity index (χ0) is 18.5. The number of hydrazone groups is 1. The summed E-state index contributed by atoms with van der Waals surface area (Å²) in [6.45, 7) is 0. The first-order valence-electron chi connectivity index (χ1n) is 7.58. The van der Waals surface area contributed by atoms with Crippen molar-refractivity contribution in [2.45, 2.75) is 0 Å². The normalized spacial score (nSPS) is 10.8. The van der Waals surface area contributed by atoms with Crippen LogP contribution in [-0.2, 0) is 0 Å². The number of benzene rings is 2. The summed E-state index contributed by atoms with van der Waals surface area (Å²) in [6.07, 6.45) is 1.67. The standard InChI is InChI=1S/C18H16N4O3S/c1-25-13-5-2-11(3-6-13)9-20-22-18-21-15(10-26-18)12-4-7-16(23)14(8-12)17(19)24/h2-10,23H,1H3,(H2,19,24)(H,21,22)/b20-9-. The number of phenols is 1. The van der Waals surface area contributed by atoms with Crippen LogP contribution in [0, 0.1) is 0 Å². The molecule has 132 valence electrons. The fourth-order valence-electron chi connectivity index (χ4n) is 2.20. The van der Waals surface area contributed by atoms with Crippen molar-refractivity contribution in [2.75, 3.05) is 12.5 Å². The summed E-state index contributed by atoms with van der Waals surface area (Å²) in [7, 11) is 1.62. The first-order valence-corrected chi connectivity index (χ1v) is 8.46. The summed E-state index contributed by atoms with van der Waals surface area (Å²) >= 11 is 1.37. The number of rotatable bonds is 6. The number of anilines is 1. The van der Waals surface area contributed by atoms with Crippen molar-refractivity contribution in [3.8, 4) is 22.8 Å². The van der Waals surface area contributed by atoms with Crippen molar-refractivity contribution in [2.24, 2.45) is 10.8 Å². The van der Waals surface area contributed by atoms with Crippen LogP contribution >= 0.6 is 11.3 Å². The van der Waals surface area contributed by atoms with Gasteiger partial charge in [0.05, 0.1) is 24.6 Å². The number of thiazole rings is 1. The van der Waals surface area contributed by atoms with Gasteiger partial charge in [-0.15, -0.1) is 11.3 Å². The Bertz CT molecular complexity index is 951. The van der Waals surface area contributed by atoms with Crippen LogP contribution in [0.2, 0.25) is 0 Å². The number of carbonyl (C=O) groups is 1. The second kappa shape index (κ2) is 7.66. The van der Waals surface area contributed by atoms with Crippen molar-refractivity contribution in [1.29, 1.82) is 0 Å². The molecule has 3 rings (SSSR count). The fraction of sp³-hybridized carbons (Fsp3) is 0.0556. The van der Waals surface area contributed by atoms with E-state index in [1.165, 1.54) is 23.5 Å². The smallest absolute Gasteiger partial charge is 0.252 e. The van der Waals surface area contributed by atoms with E-state index in [-0.39, 0.29) is 11.3 Å². The molecule has 1 heterocycles. The highest BCUT2D eigenvalue weighted by atomic mass is 32.1. The molecule has 26 heavy (non-hydrogen) atoms. The maximum absolute atomic E-state index is 11.3. The van der Waals surface area contributed by atoms with Gasteiger partial charge >= 0.3 is 0 Å². The summed E-state index contributed by atoms with van der Waals surface area (Å²) in [5.74, 6) is -0.0650. The number of primary amides is 1. The lowest BCUT2D eigenvalue weighted by molar-refractivity contribution is 0.0998. The minimum Gasteiger partial charge on any atom is -0.507 e. The molecule has 0 bridgehead atoms. The second-order valence-electron chi connectivity index (χ2n) is 5.28. The van der Waals surface area contributed by atoms with E-state index in [4.69, 9.17) is 10.5 Å². The van der Waals surface area contributed by atoms with Crippen molar-refractivity contribution in [3.05, 3.63) is 59.0 Å². The summed E-state index contributed by atoms with van der Waals surface area (Å²) in [5.41, 5.74) is 10.4. The number of nitrogens with zero attached hydrogens (tertiary/aromatic N) is 2. The quantitative estimate of drug-likeness (QED) is 0.457. The number of nitrogens with two attached hydrogens (primary N) is 1. The molecule has 1 amide bonds. The van der Waals surface area contributed by atoms with Gasteiger partial charge in [-0.1, -0.05) is 0 Å². The predicted octanol–water partition coefficient (Wildman–Crippen LogP) is 3.07. The lowest BCUT2D eigenvalue weighted by Crippen LogP contribution is -2.11. The molecule has 0 aliphatic heterocycles. The highest BCUT2D eigenvalue weighted by molar-refractivity contribution is 7.14. The van der Waals surface area contributed by atoms with E-state index in [0.717, 1.165) is 11.3 Å². The average Bonchev–Trinajstić information content (AvgIpc) is 3.11. The van der Waals surface area contributed by atoms with Gasteiger partial charge in [0, 0.05) is 10.9 Å². The number of nitrogens with one attached hydrogen (secondary N) is 1. The van der Waals surface area contributed by atoms with Crippen molar-refractivity contribution in [1.82, 2.24) is 4.98 Å². The van der Waals surface area contributed by atoms with Gasteiger partial charge in [0.2, 0.25) is 5.13 Å². The monoisotopic (exact) mass is 368 g/mol. The summed E-state index contributed by atoms with van der Waals surface area (Å²) in [5, 5.41) is 16.2. The van der Waals surface area contributed by atoms with Crippen LogP contribution in [0.4, 0.5) is 5.13 Å². The Balaban J connectivity index is 1.70. The Labute approximate surface area is 153 Å². The van der Waals surface area contributed by atoms with Gasteiger partial charge in [0.1, 0.15) is 11.5 Å². The molecule has 0 spiro atoms. The lowest BCUT2D eigenvalue weighted by Gasteiger charge is -2.02. The molecule has 0 saturated heterocycles. The molecule has 0 atom stereocenters. The van der Waals surface area contributed by atoms with Gasteiger partial charge in [-0.05, 0) is 48.0 Å². The number of ether oxygens (including phenoxy) is 1. The summed E-state index contributed by atoms with van der Waals surface area (Å²) < 4.78 is 5.11. The highest BCUT2D eigenvalue weighted by Crippen LogP contribution is 2.28. The molecule has 0 unspecified atom stereocenters. The number of methoxy groups -OCH3 is 1. The van der Waals surface area contributed by atoms with Gasteiger partial charge < -0.3 is 15.6 Å². The Hall–Kier alpha value is -3.39. The highest BCUT2D eigenvalue weighted by Gasteiger charge is 2.11. The van der Waals surface area contributed by atoms with Gasteiger partial charge in [0.25, 0.3) is 5.91 Å². The SMILES string of the molecule is COc1ccc(/C=N\Nc2nc(-c3ccc(O)c(C(N)=O)c3)cs2)cc1. The van der Waals surface area contributed by atoms with Crippen LogP contribution in [0.25, 0.3) is 11.3 Å². The molecule has 0 saturated carbocycles. The van der Waals surface area contributed by atoms with E-state index in [9.17, 15) is 9.90 Å². The van der Waals surface area contributed by atoms with E-state index < -0.39 is 5.91 Å². The summed E-state index contributed by atoms with van der Waals surface area (Å²) in [6, 6.07) is 12.1. The minimum atomic E-state index is -0.693. The lowest BCUT2D eigenvalue weighted by atomic mass is 10.1. The maximum atomic E-state index is 11.3. The second-order valence-corrected chi connectivity index (χ2v) is 6.14. The van der Waals surface area contributed by atoms with Gasteiger partial charge in [0.15, 0.2) is 0 Å². The predicted molar refractivity (Wildman–Crippen MR) is 102 cm³/mol. The molecule has 1 aromatic heterocycles. The van der Waals surface area contributed by atoms with Crippen molar-refractivity contribution >= 4 is 28.6 Å². The Morgan fingerprint density at radius 1 is 1.31 bits per heavy atom. The van der Waals surface area contributed by atoms with Crippen LogP contribution in [0.15, 0.2) is 52.9 Å². The number of carbonyl (C=O) groups excluding carboxylic acids is 1. The van der Waals surface area contributed by atoms with Gasteiger partial charge in [-0.2, -0.15) is 5.10 Å². The molecule has 0 aliphatic carbocycles. The first kappa shape index (κ1) is 17.4. The minimum absolute atomic E-state index is 0.0579. The number of aromatic hydroxyl groups is 1. The zero-order valence-corrected chi connectivity index (χ0v) is 14.7. The molecular formula is C18H16N4O3S.